The fourth-order valence-electron chi connectivity index (χ4n) is 3.09. The molecule has 3 atom stereocenters. The summed E-state index contributed by atoms with van der Waals surface area (Å²) in [5.74, 6) is -2.11. The normalized spacial score (nSPS) is 26.2. The first kappa shape index (κ1) is 16.2. The Labute approximate surface area is 124 Å². The van der Waals surface area contributed by atoms with Crippen LogP contribution in [0.3, 0.4) is 0 Å². The molecule has 0 heterocycles. The largest absolute Gasteiger partial charge is 0.382 e. The molecule has 1 aromatic carbocycles. The summed E-state index contributed by atoms with van der Waals surface area (Å²) in [6.07, 6.45) is 3.43. The third-order valence-electron chi connectivity index (χ3n) is 4.52. The van der Waals surface area contributed by atoms with Crippen LogP contribution in [0, 0.1) is 11.8 Å². The minimum atomic E-state index is -4.51. The number of hydrogen-bond donors (Lipinski definition) is 1. The van der Waals surface area contributed by atoms with Gasteiger partial charge in [-0.15, -0.1) is 0 Å². The van der Waals surface area contributed by atoms with Crippen molar-refractivity contribution in [3.05, 3.63) is 24.3 Å². The smallest absolute Gasteiger partial charge is 0.341 e. The molecule has 1 aromatic rings. The molecule has 0 bridgehead atoms. The Morgan fingerprint density at radius 2 is 1.86 bits per heavy atom. The number of hydrogen-bond acceptors (Lipinski definition) is 3. The second kappa shape index (κ2) is 6.30. The number of benzene rings is 1. The van der Waals surface area contributed by atoms with Crippen molar-refractivity contribution >= 4 is 15.5 Å². The zero-order chi connectivity index (χ0) is 15.6. The van der Waals surface area contributed by atoms with Crippen molar-refractivity contribution in [2.24, 2.45) is 11.8 Å². The first-order valence-electron chi connectivity index (χ1n) is 7.25. The summed E-state index contributed by atoms with van der Waals surface area (Å²) in [7, 11) is -4.51. The second-order valence-corrected chi connectivity index (χ2v) is 7.60. The highest BCUT2D eigenvalue weighted by atomic mass is 32.2. The number of nitrogens with one attached hydrogen (secondary N) is 1. The molecule has 2 rings (SSSR count). The molecule has 0 saturated heterocycles. The van der Waals surface area contributed by atoms with Gasteiger partial charge < -0.3 is 5.32 Å². The van der Waals surface area contributed by atoms with Crippen LogP contribution in [0.15, 0.2) is 29.2 Å². The number of halogens is 2. The summed E-state index contributed by atoms with van der Waals surface area (Å²) in [6, 6.07) is 5.94. The van der Waals surface area contributed by atoms with Gasteiger partial charge in [-0.25, -0.2) is 8.42 Å². The van der Waals surface area contributed by atoms with Crippen LogP contribution < -0.4 is 5.32 Å². The van der Waals surface area contributed by atoms with E-state index in [0.29, 0.717) is 17.9 Å². The predicted octanol–water partition coefficient (Wildman–Crippen LogP) is 3.92. The minimum absolute atomic E-state index is 0.339. The molecule has 1 fully saturated rings. The Balaban J connectivity index is 2.07. The minimum Gasteiger partial charge on any atom is -0.382 e. The summed E-state index contributed by atoms with van der Waals surface area (Å²) in [6.45, 7) is 4.40. The van der Waals surface area contributed by atoms with Crippen molar-refractivity contribution in [1.82, 2.24) is 0 Å². The van der Waals surface area contributed by atoms with E-state index in [2.05, 4.69) is 19.2 Å². The van der Waals surface area contributed by atoms with Crippen molar-refractivity contribution in [2.45, 2.75) is 49.8 Å². The van der Waals surface area contributed by atoms with E-state index in [4.69, 9.17) is 0 Å². The fraction of sp³-hybridized carbons (Fsp3) is 0.600. The van der Waals surface area contributed by atoms with Gasteiger partial charge in [0.2, 0.25) is 9.84 Å². The van der Waals surface area contributed by atoms with Crippen LogP contribution in [-0.4, -0.2) is 20.2 Å². The monoisotopic (exact) mass is 317 g/mol. The highest BCUT2D eigenvalue weighted by molar-refractivity contribution is 7.91. The lowest BCUT2D eigenvalue weighted by Crippen LogP contribution is -2.24. The van der Waals surface area contributed by atoms with E-state index in [0.717, 1.165) is 18.5 Å². The van der Waals surface area contributed by atoms with Crippen molar-refractivity contribution in [3.63, 3.8) is 0 Å². The molecule has 6 heteroatoms. The van der Waals surface area contributed by atoms with Gasteiger partial charge in [0.1, 0.15) is 0 Å². The molecule has 0 spiro atoms. The van der Waals surface area contributed by atoms with E-state index in [1.807, 2.05) is 0 Å². The lowest BCUT2D eigenvalue weighted by Gasteiger charge is -2.22. The quantitative estimate of drug-likeness (QED) is 0.895. The summed E-state index contributed by atoms with van der Waals surface area (Å²) >= 11 is 0. The molecule has 1 aliphatic rings. The SMILES string of the molecule is CCC1CCC(Nc2ccc(S(=O)(=O)C(F)F)cc2)C1C. The van der Waals surface area contributed by atoms with E-state index in [9.17, 15) is 17.2 Å². The van der Waals surface area contributed by atoms with Gasteiger partial charge >= 0.3 is 5.76 Å². The van der Waals surface area contributed by atoms with Gasteiger partial charge in [-0.2, -0.15) is 8.78 Å². The molecule has 3 nitrogen and oxygen atoms in total. The Morgan fingerprint density at radius 1 is 1.24 bits per heavy atom. The van der Waals surface area contributed by atoms with Crippen molar-refractivity contribution < 1.29 is 17.2 Å². The van der Waals surface area contributed by atoms with Gasteiger partial charge in [0.25, 0.3) is 0 Å². The van der Waals surface area contributed by atoms with Gasteiger partial charge in [-0.05, 0) is 48.9 Å². The maximum absolute atomic E-state index is 12.5. The summed E-state index contributed by atoms with van der Waals surface area (Å²) in [4.78, 5) is -0.339. The predicted molar refractivity (Wildman–Crippen MR) is 79.2 cm³/mol. The zero-order valence-corrected chi connectivity index (χ0v) is 13.0. The Bertz CT molecular complexity index is 572. The third kappa shape index (κ3) is 3.36. The van der Waals surface area contributed by atoms with E-state index >= 15 is 0 Å². The Morgan fingerprint density at radius 3 is 2.33 bits per heavy atom. The molecule has 0 aliphatic heterocycles. The van der Waals surface area contributed by atoms with E-state index in [1.54, 1.807) is 12.1 Å². The Kier molecular flexibility index (Phi) is 4.86. The fourth-order valence-corrected chi connectivity index (χ4v) is 3.81. The molecule has 3 unspecified atom stereocenters. The van der Waals surface area contributed by atoms with Gasteiger partial charge in [0.05, 0.1) is 4.90 Å². The molecule has 1 N–H and O–H groups in total. The average molecular weight is 317 g/mol. The maximum atomic E-state index is 12.5. The molecule has 0 aromatic heterocycles. The molecule has 21 heavy (non-hydrogen) atoms. The van der Waals surface area contributed by atoms with Crippen LogP contribution >= 0.6 is 0 Å². The zero-order valence-electron chi connectivity index (χ0n) is 12.2. The molecule has 0 amide bonds. The van der Waals surface area contributed by atoms with Crippen LogP contribution in [0.4, 0.5) is 14.5 Å². The van der Waals surface area contributed by atoms with Crippen LogP contribution in [0.1, 0.15) is 33.1 Å². The van der Waals surface area contributed by atoms with Crippen LogP contribution in [0.2, 0.25) is 0 Å². The first-order valence-corrected chi connectivity index (χ1v) is 8.79. The number of alkyl halides is 2. The van der Waals surface area contributed by atoms with Gasteiger partial charge in [0, 0.05) is 11.7 Å². The summed E-state index contributed by atoms with van der Waals surface area (Å²) in [5.41, 5.74) is 0.775. The lowest BCUT2D eigenvalue weighted by atomic mass is 9.93. The van der Waals surface area contributed by atoms with Crippen molar-refractivity contribution in [1.29, 1.82) is 0 Å². The van der Waals surface area contributed by atoms with Crippen molar-refractivity contribution in [2.75, 3.05) is 5.32 Å². The highest BCUT2D eigenvalue weighted by Crippen LogP contribution is 2.35. The second-order valence-electron chi connectivity index (χ2n) is 5.69. The maximum Gasteiger partial charge on any atom is 0.341 e. The van der Waals surface area contributed by atoms with E-state index < -0.39 is 15.6 Å². The lowest BCUT2D eigenvalue weighted by molar-refractivity contribution is 0.234. The molecule has 0 radical (unpaired) electrons. The molecule has 118 valence electrons. The molecular weight excluding hydrogens is 296 g/mol. The first-order chi connectivity index (χ1) is 9.86. The highest BCUT2D eigenvalue weighted by Gasteiger charge is 2.31. The van der Waals surface area contributed by atoms with Crippen LogP contribution in [-0.2, 0) is 9.84 Å². The summed E-state index contributed by atoms with van der Waals surface area (Å²) < 4.78 is 47.6. The third-order valence-corrected chi connectivity index (χ3v) is 5.92. The molecule has 1 saturated carbocycles. The van der Waals surface area contributed by atoms with Gasteiger partial charge in [0.15, 0.2) is 0 Å². The van der Waals surface area contributed by atoms with Crippen LogP contribution in [0.5, 0.6) is 0 Å². The Hall–Kier alpha value is -1.17. The number of anilines is 1. The average Bonchev–Trinajstić information content (AvgIpc) is 2.80. The van der Waals surface area contributed by atoms with E-state index in [-0.39, 0.29) is 4.90 Å². The van der Waals surface area contributed by atoms with Crippen LogP contribution in [0.25, 0.3) is 0 Å². The van der Waals surface area contributed by atoms with E-state index in [1.165, 1.54) is 18.6 Å². The topological polar surface area (TPSA) is 46.2 Å². The number of rotatable bonds is 5. The number of sulfone groups is 1. The van der Waals surface area contributed by atoms with Gasteiger partial charge in [-0.3, -0.25) is 0 Å². The standard InChI is InChI=1S/C15H21F2NO2S/c1-3-11-4-9-14(10(11)2)18-12-5-7-13(8-6-12)21(19,20)15(16)17/h5-8,10-11,14-15,18H,3-4,9H2,1-2H3. The molecule has 1 aliphatic carbocycles. The van der Waals surface area contributed by atoms with Crippen molar-refractivity contribution in [3.8, 4) is 0 Å². The molecular formula is C15H21F2NO2S. The van der Waals surface area contributed by atoms with Gasteiger partial charge in [-0.1, -0.05) is 20.3 Å². The summed E-state index contributed by atoms with van der Waals surface area (Å²) in [5, 5.41) is 3.38.